The molecule has 0 saturated carbocycles. The summed E-state index contributed by atoms with van der Waals surface area (Å²) < 4.78 is 6.52. The number of benzene rings is 6. The van der Waals surface area contributed by atoms with Gasteiger partial charge < -0.3 is 9.32 Å². The van der Waals surface area contributed by atoms with Crippen molar-refractivity contribution in [2.45, 2.75) is 0 Å². The summed E-state index contributed by atoms with van der Waals surface area (Å²) in [5.41, 5.74) is 9.68. The van der Waals surface area contributed by atoms with Crippen molar-refractivity contribution in [1.29, 1.82) is 0 Å². The van der Waals surface area contributed by atoms with Gasteiger partial charge in [0.2, 0.25) is 0 Å². The van der Waals surface area contributed by atoms with Gasteiger partial charge in [0.15, 0.2) is 5.58 Å². The fourth-order valence-electron chi connectivity index (χ4n) is 6.26. The zero-order chi connectivity index (χ0) is 26.9. The predicted octanol–water partition coefficient (Wildman–Crippen LogP) is 11.0. The van der Waals surface area contributed by atoms with Crippen molar-refractivity contribution in [2.75, 3.05) is 4.90 Å². The molecule has 2 aromatic heterocycles. The van der Waals surface area contributed by atoms with Crippen molar-refractivity contribution in [3.8, 4) is 32.3 Å². The van der Waals surface area contributed by atoms with Gasteiger partial charge >= 0.3 is 0 Å². The van der Waals surface area contributed by atoms with Gasteiger partial charge in [-0.05, 0) is 30.3 Å². The second kappa shape index (κ2) is 8.65. The van der Waals surface area contributed by atoms with Gasteiger partial charge in [-0.3, -0.25) is 0 Å². The fraction of sp³-hybridized carbons (Fsp3) is 0. The lowest BCUT2D eigenvalue weighted by molar-refractivity contribution is 0.669. The Bertz CT molecular complexity index is 2240. The highest BCUT2D eigenvalue weighted by molar-refractivity contribution is 7.19. The molecule has 0 atom stereocenters. The van der Waals surface area contributed by atoms with Crippen molar-refractivity contribution in [1.82, 2.24) is 4.98 Å². The molecule has 192 valence electrons. The normalized spacial score (nSPS) is 11.9. The van der Waals surface area contributed by atoms with Gasteiger partial charge in [-0.25, -0.2) is 4.98 Å². The lowest BCUT2D eigenvalue weighted by Crippen LogP contribution is -2.10. The predicted molar refractivity (Wildman–Crippen MR) is 171 cm³/mol. The molecule has 6 aromatic carbocycles. The van der Waals surface area contributed by atoms with E-state index in [-0.39, 0.29) is 0 Å². The molecule has 0 fully saturated rings. The number of hydrogen-bond acceptors (Lipinski definition) is 4. The van der Waals surface area contributed by atoms with Crippen LogP contribution >= 0.6 is 11.3 Å². The van der Waals surface area contributed by atoms with E-state index in [1.54, 1.807) is 11.3 Å². The number of rotatable bonds is 4. The van der Waals surface area contributed by atoms with E-state index in [2.05, 4.69) is 120 Å². The van der Waals surface area contributed by atoms with Crippen molar-refractivity contribution < 1.29 is 4.42 Å². The topological polar surface area (TPSA) is 29.3 Å². The Labute approximate surface area is 240 Å². The number of anilines is 3. The molecule has 0 saturated heterocycles. The van der Waals surface area contributed by atoms with Crippen molar-refractivity contribution in [2.24, 2.45) is 0 Å². The average Bonchev–Trinajstić information content (AvgIpc) is 3.72. The second-order valence-electron chi connectivity index (χ2n) is 10.3. The number of hydrogen-bond donors (Lipinski definition) is 0. The van der Waals surface area contributed by atoms with Gasteiger partial charge in [-0.15, -0.1) is 11.3 Å². The van der Waals surface area contributed by atoms with Crippen molar-refractivity contribution in [3.63, 3.8) is 0 Å². The van der Waals surface area contributed by atoms with E-state index in [1.807, 2.05) is 18.2 Å². The maximum absolute atomic E-state index is 6.52. The Morgan fingerprint density at radius 3 is 2.17 bits per heavy atom. The molecule has 0 N–H and O–H groups in total. The van der Waals surface area contributed by atoms with Gasteiger partial charge in [-0.2, -0.15) is 0 Å². The van der Waals surface area contributed by atoms with Crippen LogP contribution in [-0.4, -0.2) is 4.98 Å². The van der Waals surface area contributed by atoms with E-state index < -0.39 is 0 Å². The molecule has 4 heteroatoms. The molecule has 3 nitrogen and oxygen atoms in total. The van der Waals surface area contributed by atoms with Crippen LogP contribution in [0.15, 0.2) is 138 Å². The molecule has 0 amide bonds. The number of thiazole rings is 1. The number of aromatic nitrogens is 1. The molecule has 0 aliphatic heterocycles. The van der Waals surface area contributed by atoms with Crippen LogP contribution in [0.1, 0.15) is 0 Å². The standard InChI is InChI=1S/C37H22N2OS/c1-3-11-23(12-4-1)37-38-34-28-21-22-30(27-17-9-18-29(33(27)28)36(34)41-37)39(24-13-5-2-6-14-24)31-19-10-16-26-25-15-7-8-20-32(25)40-35(26)31/h1-22H. The Morgan fingerprint density at radius 2 is 1.29 bits per heavy atom. The van der Waals surface area contributed by atoms with Crippen molar-refractivity contribution in [3.05, 3.63) is 133 Å². The molecule has 8 aromatic rings. The molecular weight excluding hydrogens is 520 g/mol. The number of nitrogens with zero attached hydrogens (tertiary/aromatic N) is 2. The molecule has 0 radical (unpaired) electrons. The quantitative estimate of drug-likeness (QED) is 0.221. The van der Waals surface area contributed by atoms with E-state index in [0.717, 1.165) is 55.3 Å². The third-order valence-corrected chi connectivity index (χ3v) is 9.18. The smallest absolute Gasteiger partial charge is 0.159 e. The molecule has 2 heterocycles. The number of para-hydroxylation sites is 3. The first kappa shape index (κ1) is 22.6. The summed E-state index contributed by atoms with van der Waals surface area (Å²) in [6.45, 7) is 0. The highest BCUT2D eigenvalue weighted by atomic mass is 32.1. The largest absolute Gasteiger partial charge is 0.454 e. The van der Waals surface area contributed by atoms with Crippen LogP contribution in [-0.2, 0) is 0 Å². The van der Waals surface area contributed by atoms with Gasteiger partial charge in [0.05, 0.1) is 21.9 Å². The van der Waals surface area contributed by atoms with Crippen LogP contribution in [0.3, 0.4) is 0 Å². The Kier molecular flexibility index (Phi) is 4.77. The van der Waals surface area contributed by atoms with Gasteiger partial charge in [0, 0.05) is 43.9 Å². The minimum atomic E-state index is 0.883. The fourth-order valence-corrected chi connectivity index (χ4v) is 7.37. The maximum atomic E-state index is 6.52. The van der Waals surface area contributed by atoms with E-state index in [0.29, 0.717) is 0 Å². The lowest BCUT2D eigenvalue weighted by atomic mass is 10.0. The van der Waals surface area contributed by atoms with Crippen molar-refractivity contribution >= 4 is 61.1 Å². The Hall–Kier alpha value is -5.19. The zero-order valence-corrected chi connectivity index (χ0v) is 22.7. The molecule has 1 aliphatic rings. The van der Waals surface area contributed by atoms with E-state index in [9.17, 15) is 0 Å². The van der Waals surface area contributed by atoms with E-state index >= 15 is 0 Å². The maximum Gasteiger partial charge on any atom is 0.159 e. The second-order valence-corrected chi connectivity index (χ2v) is 11.3. The van der Waals surface area contributed by atoms with Crippen LogP contribution in [0, 0.1) is 0 Å². The first-order chi connectivity index (χ1) is 20.3. The Morgan fingerprint density at radius 1 is 0.561 bits per heavy atom. The molecular formula is C37H22N2OS. The SMILES string of the molecule is c1ccc(-c2nc3c(s2)-c2cccc4c(N(c5ccccc5)c5cccc6c5oc5ccccc56)ccc-3c24)cc1. The van der Waals surface area contributed by atoms with Gasteiger partial charge in [0.1, 0.15) is 10.6 Å². The van der Waals surface area contributed by atoms with E-state index in [4.69, 9.17) is 9.40 Å². The summed E-state index contributed by atoms with van der Waals surface area (Å²) in [5.74, 6) is 0. The third-order valence-electron chi connectivity index (χ3n) is 8.04. The van der Waals surface area contributed by atoms with Gasteiger partial charge in [-0.1, -0.05) is 103 Å². The summed E-state index contributed by atoms with van der Waals surface area (Å²) in [5, 5.41) is 5.76. The van der Waals surface area contributed by atoms with Crippen LogP contribution in [0.25, 0.3) is 65.0 Å². The Balaban J connectivity index is 1.29. The highest BCUT2D eigenvalue weighted by Gasteiger charge is 2.29. The third kappa shape index (κ3) is 3.28. The van der Waals surface area contributed by atoms with Crippen LogP contribution in [0.5, 0.6) is 0 Å². The monoisotopic (exact) mass is 542 g/mol. The van der Waals surface area contributed by atoms with Crippen LogP contribution < -0.4 is 4.90 Å². The minimum absolute atomic E-state index is 0.883. The van der Waals surface area contributed by atoms with Crippen LogP contribution in [0.4, 0.5) is 17.1 Å². The summed E-state index contributed by atoms with van der Waals surface area (Å²) in [6, 6.07) is 46.9. The molecule has 9 rings (SSSR count). The molecule has 0 bridgehead atoms. The van der Waals surface area contributed by atoms with E-state index in [1.165, 1.54) is 26.8 Å². The summed E-state index contributed by atoms with van der Waals surface area (Å²) in [7, 11) is 0. The average molecular weight is 543 g/mol. The van der Waals surface area contributed by atoms with Crippen LogP contribution in [0.2, 0.25) is 0 Å². The summed E-state index contributed by atoms with van der Waals surface area (Å²) in [4.78, 5) is 8.73. The number of fused-ring (bicyclic) bond motifs is 6. The summed E-state index contributed by atoms with van der Waals surface area (Å²) >= 11 is 1.78. The minimum Gasteiger partial charge on any atom is -0.454 e. The zero-order valence-electron chi connectivity index (χ0n) is 21.9. The molecule has 1 aliphatic carbocycles. The van der Waals surface area contributed by atoms with Gasteiger partial charge in [0.25, 0.3) is 0 Å². The highest BCUT2D eigenvalue weighted by Crippen LogP contribution is 2.54. The molecule has 0 spiro atoms. The number of furan rings is 1. The lowest BCUT2D eigenvalue weighted by Gasteiger charge is -2.27. The first-order valence-corrected chi connectivity index (χ1v) is 14.5. The molecule has 41 heavy (non-hydrogen) atoms. The molecule has 0 unspecified atom stereocenters. The summed E-state index contributed by atoms with van der Waals surface area (Å²) in [6.07, 6.45) is 0. The first-order valence-electron chi connectivity index (χ1n) is 13.7.